The molecule has 2 rings (SSSR count). The summed E-state index contributed by atoms with van der Waals surface area (Å²) in [6.07, 6.45) is 2.23. The number of rotatable bonds is 8. The largest absolute Gasteiger partial charge is 0.494 e. The summed E-state index contributed by atoms with van der Waals surface area (Å²) < 4.78 is 31.7. The maximum atomic E-state index is 11.7. The van der Waals surface area contributed by atoms with Gasteiger partial charge in [-0.05, 0) is 30.7 Å². The molecule has 24 heavy (non-hydrogen) atoms. The van der Waals surface area contributed by atoms with Crippen molar-refractivity contribution in [1.82, 2.24) is 5.32 Å². The number of imide groups is 1. The third kappa shape index (κ3) is 6.17. The molecular formula is C15H20N2O6S. The molecule has 1 aliphatic rings. The van der Waals surface area contributed by atoms with Crippen LogP contribution in [0.15, 0.2) is 24.3 Å². The lowest BCUT2D eigenvalue weighted by molar-refractivity contribution is -0.133. The van der Waals surface area contributed by atoms with E-state index in [0.29, 0.717) is 31.6 Å². The SMILES string of the molecule is CS(=O)(=O)OCCCOc1ccc(NC2CCC(=O)NC2=O)cc1. The zero-order valence-corrected chi connectivity index (χ0v) is 14.1. The molecule has 0 radical (unpaired) electrons. The van der Waals surface area contributed by atoms with Crippen LogP contribution in [0.5, 0.6) is 5.75 Å². The van der Waals surface area contributed by atoms with Crippen LogP contribution < -0.4 is 15.4 Å². The van der Waals surface area contributed by atoms with Crippen LogP contribution in [0, 0.1) is 0 Å². The van der Waals surface area contributed by atoms with E-state index in [1.807, 2.05) is 0 Å². The second kappa shape index (κ2) is 8.11. The van der Waals surface area contributed by atoms with Crippen LogP contribution in [0.3, 0.4) is 0 Å². The van der Waals surface area contributed by atoms with Crippen molar-refractivity contribution in [2.45, 2.75) is 25.3 Å². The number of benzene rings is 1. The Labute approximate surface area is 140 Å². The van der Waals surface area contributed by atoms with Crippen molar-refractivity contribution in [2.75, 3.05) is 24.8 Å². The molecule has 1 aliphatic heterocycles. The lowest BCUT2D eigenvalue weighted by atomic mass is 10.1. The van der Waals surface area contributed by atoms with Crippen molar-refractivity contribution < 1.29 is 26.9 Å². The number of ether oxygens (including phenoxy) is 1. The van der Waals surface area contributed by atoms with Crippen LogP contribution in [-0.4, -0.2) is 45.7 Å². The quantitative estimate of drug-likeness (QED) is 0.400. The van der Waals surface area contributed by atoms with Crippen LogP contribution in [0.2, 0.25) is 0 Å². The third-order valence-electron chi connectivity index (χ3n) is 3.29. The Balaban J connectivity index is 1.74. The van der Waals surface area contributed by atoms with Crippen molar-refractivity contribution in [3.63, 3.8) is 0 Å². The number of hydrogen-bond acceptors (Lipinski definition) is 7. The Hall–Kier alpha value is -2.13. The van der Waals surface area contributed by atoms with E-state index in [2.05, 4.69) is 14.8 Å². The van der Waals surface area contributed by atoms with Crippen molar-refractivity contribution in [1.29, 1.82) is 0 Å². The molecule has 1 aromatic rings. The van der Waals surface area contributed by atoms with Gasteiger partial charge in [0, 0.05) is 18.5 Å². The number of anilines is 1. The van der Waals surface area contributed by atoms with Crippen LogP contribution in [0.4, 0.5) is 5.69 Å². The summed E-state index contributed by atoms with van der Waals surface area (Å²) in [7, 11) is -3.41. The summed E-state index contributed by atoms with van der Waals surface area (Å²) in [5.41, 5.74) is 0.747. The average molecular weight is 356 g/mol. The minimum absolute atomic E-state index is 0.0774. The second-order valence-electron chi connectivity index (χ2n) is 5.40. The van der Waals surface area contributed by atoms with Crippen LogP contribution in [-0.2, 0) is 23.9 Å². The topological polar surface area (TPSA) is 111 Å². The number of nitrogens with one attached hydrogen (secondary N) is 2. The van der Waals surface area contributed by atoms with Crippen molar-refractivity contribution in [3.05, 3.63) is 24.3 Å². The van der Waals surface area contributed by atoms with Gasteiger partial charge in [0.05, 0.1) is 19.5 Å². The number of piperidine rings is 1. The first-order chi connectivity index (χ1) is 11.3. The number of carbonyl (C=O) groups is 2. The first-order valence-corrected chi connectivity index (χ1v) is 9.32. The Morgan fingerprint density at radius 1 is 1.21 bits per heavy atom. The number of amides is 2. The molecule has 9 heteroatoms. The van der Waals surface area contributed by atoms with Gasteiger partial charge >= 0.3 is 0 Å². The molecule has 2 amide bonds. The van der Waals surface area contributed by atoms with Gasteiger partial charge in [-0.1, -0.05) is 0 Å². The van der Waals surface area contributed by atoms with Gasteiger partial charge < -0.3 is 10.1 Å². The van der Waals surface area contributed by atoms with E-state index >= 15 is 0 Å². The van der Waals surface area contributed by atoms with Gasteiger partial charge in [-0.15, -0.1) is 0 Å². The molecule has 8 nitrogen and oxygen atoms in total. The molecule has 0 aliphatic carbocycles. The van der Waals surface area contributed by atoms with Crippen LogP contribution in [0.1, 0.15) is 19.3 Å². The van der Waals surface area contributed by atoms with Gasteiger partial charge in [0.1, 0.15) is 11.8 Å². The molecule has 2 N–H and O–H groups in total. The minimum Gasteiger partial charge on any atom is -0.494 e. The molecule has 0 spiro atoms. The molecule has 1 fully saturated rings. The minimum atomic E-state index is -3.41. The van der Waals surface area contributed by atoms with Crippen LogP contribution in [0.25, 0.3) is 0 Å². The molecule has 0 bridgehead atoms. The van der Waals surface area contributed by atoms with E-state index in [9.17, 15) is 18.0 Å². The van der Waals surface area contributed by atoms with E-state index in [1.165, 1.54) is 0 Å². The van der Waals surface area contributed by atoms with Crippen molar-refractivity contribution in [2.24, 2.45) is 0 Å². The normalized spacial score (nSPS) is 18.1. The fourth-order valence-corrected chi connectivity index (χ4v) is 2.56. The summed E-state index contributed by atoms with van der Waals surface area (Å²) in [4.78, 5) is 22.8. The van der Waals surface area contributed by atoms with E-state index in [1.54, 1.807) is 24.3 Å². The van der Waals surface area contributed by atoms with E-state index < -0.39 is 16.2 Å². The Morgan fingerprint density at radius 3 is 2.54 bits per heavy atom. The Morgan fingerprint density at radius 2 is 1.92 bits per heavy atom. The van der Waals surface area contributed by atoms with Gasteiger partial charge in [-0.25, -0.2) is 0 Å². The highest BCUT2D eigenvalue weighted by Crippen LogP contribution is 2.18. The third-order valence-corrected chi connectivity index (χ3v) is 3.88. The zero-order valence-electron chi connectivity index (χ0n) is 13.3. The molecule has 0 saturated carbocycles. The Kier molecular flexibility index (Phi) is 6.16. The van der Waals surface area contributed by atoms with Gasteiger partial charge in [0.25, 0.3) is 10.1 Å². The summed E-state index contributed by atoms with van der Waals surface area (Å²) in [6, 6.07) is 6.60. The van der Waals surface area contributed by atoms with Gasteiger partial charge in [0.15, 0.2) is 0 Å². The van der Waals surface area contributed by atoms with Gasteiger partial charge in [-0.2, -0.15) is 8.42 Å². The fourth-order valence-electron chi connectivity index (χ4n) is 2.14. The summed E-state index contributed by atoms with van der Waals surface area (Å²) in [5, 5.41) is 5.36. The maximum Gasteiger partial charge on any atom is 0.264 e. The van der Waals surface area contributed by atoms with Crippen molar-refractivity contribution >= 4 is 27.6 Å². The van der Waals surface area contributed by atoms with Gasteiger partial charge in [-0.3, -0.25) is 19.1 Å². The van der Waals surface area contributed by atoms with E-state index in [0.717, 1.165) is 11.9 Å². The average Bonchev–Trinajstić information content (AvgIpc) is 2.50. The van der Waals surface area contributed by atoms with E-state index in [-0.39, 0.29) is 18.4 Å². The number of carbonyl (C=O) groups excluding carboxylic acids is 2. The van der Waals surface area contributed by atoms with Crippen LogP contribution >= 0.6 is 0 Å². The first-order valence-electron chi connectivity index (χ1n) is 7.51. The maximum absolute atomic E-state index is 11.7. The van der Waals surface area contributed by atoms with Crippen molar-refractivity contribution in [3.8, 4) is 5.75 Å². The van der Waals surface area contributed by atoms with Gasteiger partial charge in [0.2, 0.25) is 11.8 Å². The predicted molar refractivity (Wildman–Crippen MR) is 87.1 cm³/mol. The molecule has 1 saturated heterocycles. The molecule has 0 aromatic heterocycles. The second-order valence-corrected chi connectivity index (χ2v) is 7.04. The molecule has 1 heterocycles. The highest BCUT2D eigenvalue weighted by atomic mass is 32.2. The molecule has 1 unspecified atom stereocenters. The molecule has 1 atom stereocenters. The molecule has 132 valence electrons. The standard InChI is InChI=1S/C15H20N2O6S/c1-24(20,21)23-10-2-9-22-12-5-3-11(4-6-12)16-13-7-8-14(18)17-15(13)19/h3-6,13,16H,2,7-10H2,1H3,(H,17,18,19). The summed E-state index contributed by atoms with van der Waals surface area (Å²) in [5.74, 6) is 0.0577. The fraction of sp³-hybridized carbons (Fsp3) is 0.467. The lowest BCUT2D eigenvalue weighted by Crippen LogP contribution is -2.47. The number of hydrogen-bond donors (Lipinski definition) is 2. The zero-order chi connectivity index (χ0) is 17.6. The molecule has 1 aromatic carbocycles. The monoisotopic (exact) mass is 356 g/mol. The summed E-state index contributed by atoms with van der Waals surface area (Å²) >= 11 is 0. The predicted octanol–water partition coefficient (Wildman–Crippen LogP) is 0.649. The highest BCUT2D eigenvalue weighted by Gasteiger charge is 2.26. The Bertz CT molecular complexity index is 686. The molecular weight excluding hydrogens is 336 g/mol. The highest BCUT2D eigenvalue weighted by molar-refractivity contribution is 7.85. The first kappa shape index (κ1) is 18.2. The lowest BCUT2D eigenvalue weighted by Gasteiger charge is -2.22. The summed E-state index contributed by atoms with van der Waals surface area (Å²) in [6.45, 7) is 0.406. The van der Waals surface area contributed by atoms with E-state index in [4.69, 9.17) is 4.74 Å². The smallest absolute Gasteiger partial charge is 0.264 e.